The van der Waals surface area contributed by atoms with Gasteiger partial charge >= 0.3 is 0 Å². The fraction of sp³-hybridized carbons (Fsp3) is 0.400. The van der Waals surface area contributed by atoms with Crippen LogP contribution in [0.25, 0.3) is 0 Å². The van der Waals surface area contributed by atoms with Gasteiger partial charge in [-0.05, 0) is 74.9 Å². The van der Waals surface area contributed by atoms with Crippen LogP contribution in [0.3, 0.4) is 0 Å². The molecule has 0 saturated heterocycles. The molecule has 0 aliphatic heterocycles. The molecule has 2 rings (SSSR count). The van der Waals surface area contributed by atoms with E-state index in [9.17, 15) is 5.11 Å². The van der Waals surface area contributed by atoms with E-state index in [4.69, 9.17) is 0 Å². The predicted octanol–water partition coefficient (Wildman–Crippen LogP) is 4.68. The van der Waals surface area contributed by atoms with Crippen molar-refractivity contribution < 1.29 is 5.11 Å². The van der Waals surface area contributed by atoms with Crippen molar-refractivity contribution in [1.82, 2.24) is 0 Å². The fourth-order valence-corrected chi connectivity index (χ4v) is 3.01. The van der Waals surface area contributed by atoms with Crippen LogP contribution < -0.4 is 0 Å². The third-order valence-corrected chi connectivity index (χ3v) is 4.49. The van der Waals surface area contributed by atoms with Gasteiger partial charge < -0.3 is 5.11 Å². The molecule has 0 radical (unpaired) electrons. The van der Waals surface area contributed by atoms with Crippen molar-refractivity contribution in [3.8, 4) is 0 Å². The number of aryl methyl sites for hydroxylation is 5. The molecule has 21 heavy (non-hydrogen) atoms. The molecule has 2 aromatic rings. The molecule has 1 atom stereocenters. The zero-order valence-electron chi connectivity index (χ0n) is 14.0. The van der Waals surface area contributed by atoms with E-state index in [0.717, 1.165) is 5.56 Å². The molecule has 0 fully saturated rings. The highest BCUT2D eigenvalue weighted by molar-refractivity contribution is 5.40. The monoisotopic (exact) mass is 282 g/mol. The molecule has 1 unspecified atom stereocenters. The smallest absolute Gasteiger partial charge is 0.0909 e. The Morgan fingerprint density at radius 2 is 1.38 bits per heavy atom. The Bertz CT molecular complexity index is 643. The lowest BCUT2D eigenvalue weighted by molar-refractivity contribution is 0.0572. The van der Waals surface area contributed by atoms with Gasteiger partial charge in [-0.3, -0.25) is 0 Å². The number of rotatable bonds is 3. The van der Waals surface area contributed by atoms with Gasteiger partial charge in [-0.25, -0.2) is 0 Å². The maximum atomic E-state index is 11.0. The minimum atomic E-state index is -0.844. The van der Waals surface area contributed by atoms with E-state index < -0.39 is 5.60 Å². The Kier molecular flexibility index (Phi) is 4.25. The predicted molar refractivity (Wildman–Crippen MR) is 89.8 cm³/mol. The highest BCUT2D eigenvalue weighted by atomic mass is 16.3. The minimum absolute atomic E-state index is 0.646. The first kappa shape index (κ1) is 15.8. The summed E-state index contributed by atoms with van der Waals surface area (Å²) in [5.74, 6) is 0. The molecule has 0 amide bonds. The van der Waals surface area contributed by atoms with Crippen LogP contribution in [0.4, 0.5) is 0 Å². The van der Waals surface area contributed by atoms with Crippen LogP contribution in [0.5, 0.6) is 0 Å². The van der Waals surface area contributed by atoms with Crippen molar-refractivity contribution in [2.24, 2.45) is 0 Å². The summed E-state index contributed by atoms with van der Waals surface area (Å²) in [4.78, 5) is 0. The highest BCUT2D eigenvalue weighted by Crippen LogP contribution is 2.30. The molecule has 0 spiro atoms. The summed E-state index contributed by atoms with van der Waals surface area (Å²) in [6, 6.07) is 10.6. The molecule has 0 aliphatic carbocycles. The molecule has 2 aromatic carbocycles. The van der Waals surface area contributed by atoms with E-state index in [1.807, 2.05) is 13.0 Å². The Hall–Kier alpha value is -1.60. The second-order valence-electron chi connectivity index (χ2n) is 6.63. The quantitative estimate of drug-likeness (QED) is 0.866. The zero-order chi connectivity index (χ0) is 15.8. The van der Waals surface area contributed by atoms with Gasteiger partial charge in [0.15, 0.2) is 0 Å². The van der Waals surface area contributed by atoms with Gasteiger partial charge in [-0.1, -0.05) is 35.9 Å². The molecule has 0 bridgehead atoms. The lowest BCUT2D eigenvalue weighted by Crippen LogP contribution is -2.25. The van der Waals surface area contributed by atoms with Gasteiger partial charge in [-0.15, -0.1) is 0 Å². The molecule has 1 heteroatoms. The van der Waals surface area contributed by atoms with Crippen LogP contribution in [-0.4, -0.2) is 5.11 Å². The second kappa shape index (κ2) is 5.65. The summed E-state index contributed by atoms with van der Waals surface area (Å²) in [5, 5.41) is 11.0. The van der Waals surface area contributed by atoms with E-state index in [-0.39, 0.29) is 0 Å². The molecular formula is C20H26O. The molecule has 1 nitrogen and oxygen atoms in total. The lowest BCUT2D eigenvalue weighted by atomic mass is 9.84. The van der Waals surface area contributed by atoms with E-state index in [1.54, 1.807) is 0 Å². The molecule has 0 heterocycles. The van der Waals surface area contributed by atoms with Gasteiger partial charge in [0.25, 0.3) is 0 Å². The second-order valence-corrected chi connectivity index (χ2v) is 6.63. The number of hydrogen-bond donors (Lipinski definition) is 1. The summed E-state index contributed by atoms with van der Waals surface area (Å²) < 4.78 is 0. The Balaban J connectivity index is 2.39. The van der Waals surface area contributed by atoms with Crippen LogP contribution in [0.15, 0.2) is 30.3 Å². The first-order chi connectivity index (χ1) is 9.70. The summed E-state index contributed by atoms with van der Waals surface area (Å²) in [6.07, 6.45) is 0.646. The van der Waals surface area contributed by atoms with Crippen LogP contribution in [0.1, 0.15) is 45.9 Å². The summed E-state index contributed by atoms with van der Waals surface area (Å²) in [7, 11) is 0. The number of benzene rings is 2. The maximum Gasteiger partial charge on any atom is 0.0909 e. The van der Waals surface area contributed by atoms with E-state index in [1.165, 1.54) is 33.4 Å². The van der Waals surface area contributed by atoms with Crippen molar-refractivity contribution in [2.75, 3.05) is 0 Å². The van der Waals surface area contributed by atoms with Gasteiger partial charge in [0, 0.05) is 6.42 Å². The third-order valence-electron chi connectivity index (χ3n) is 4.49. The molecule has 0 saturated carbocycles. The summed E-state index contributed by atoms with van der Waals surface area (Å²) in [5.41, 5.74) is 7.69. The minimum Gasteiger partial charge on any atom is -0.385 e. The number of hydrogen-bond acceptors (Lipinski definition) is 1. The average Bonchev–Trinajstić information content (AvgIpc) is 2.37. The van der Waals surface area contributed by atoms with Crippen molar-refractivity contribution in [3.05, 3.63) is 69.3 Å². The van der Waals surface area contributed by atoms with Crippen LogP contribution in [-0.2, 0) is 12.0 Å². The fourth-order valence-electron chi connectivity index (χ4n) is 3.01. The van der Waals surface area contributed by atoms with Crippen molar-refractivity contribution in [1.29, 1.82) is 0 Å². The van der Waals surface area contributed by atoms with Crippen LogP contribution in [0.2, 0.25) is 0 Å². The standard InChI is InChI=1S/C20H26O/c1-13-9-16(4)19(17(5)10-13)12-20(6,21)18-8-7-14(2)15(3)11-18/h7-11,21H,12H2,1-6H3. The van der Waals surface area contributed by atoms with Gasteiger partial charge in [0.05, 0.1) is 5.60 Å². The largest absolute Gasteiger partial charge is 0.385 e. The van der Waals surface area contributed by atoms with Gasteiger partial charge in [0.1, 0.15) is 0 Å². The highest BCUT2D eigenvalue weighted by Gasteiger charge is 2.25. The molecule has 0 aliphatic rings. The third kappa shape index (κ3) is 3.36. The first-order valence-corrected chi connectivity index (χ1v) is 7.57. The van der Waals surface area contributed by atoms with Gasteiger partial charge in [0.2, 0.25) is 0 Å². The SMILES string of the molecule is Cc1cc(C)c(CC(C)(O)c2ccc(C)c(C)c2)c(C)c1. The van der Waals surface area contributed by atoms with Gasteiger partial charge in [-0.2, -0.15) is 0 Å². The Morgan fingerprint density at radius 3 is 1.90 bits per heavy atom. The van der Waals surface area contributed by atoms with Crippen molar-refractivity contribution in [3.63, 3.8) is 0 Å². The summed E-state index contributed by atoms with van der Waals surface area (Å²) >= 11 is 0. The maximum absolute atomic E-state index is 11.0. The van der Waals surface area contributed by atoms with Crippen LogP contribution in [0, 0.1) is 34.6 Å². The molecule has 112 valence electrons. The molecule has 1 N–H and O–H groups in total. The van der Waals surface area contributed by atoms with Crippen molar-refractivity contribution >= 4 is 0 Å². The topological polar surface area (TPSA) is 20.2 Å². The average molecular weight is 282 g/mol. The lowest BCUT2D eigenvalue weighted by Gasteiger charge is -2.27. The van der Waals surface area contributed by atoms with E-state index in [2.05, 4.69) is 58.9 Å². The Labute approximate surface area is 128 Å². The normalized spacial score (nSPS) is 14.0. The van der Waals surface area contributed by atoms with Crippen molar-refractivity contribution in [2.45, 2.75) is 53.6 Å². The number of aliphatic hydroxyl groups is 1. The van der Waals surface area contributed by atoms with E-state index in [0.29, 0.717) is 6.42 Å². The molecular weight excluding hydrogens is 256 g/mol. The Morgan fingerprint density at radius 1 is 0.810 bits per heavy atom. The van der Waals surface area contributed by atoms with Crippen LogP contribution >= 0.6 is 0 Å². The zero-order valence-corrected chi connectivity index (χ0v) is 14.0. The first-order valence-electron chi connectivity index (χ1n) is 7.57. The summed E-state index contributed by atoms with van der Waals surface area (Å²) in [6.45, 7) is 12.5. The molecule has 0 aromatic heterocycles. The van der Waals surface area contributed by atoms with E-state index >= 15 is 0 Å².